The quantitative estimate of drug-likeness (QED) is 0.908. The van der Waals surface area contributed by atoms with Gasteiger partial charge in [0.2, 0.25) is 5.91 Å². The van der Waals surface area contributed by atoms with Gasteiger partial charge in [-0.2, -0.15) is 11.8 Å². The zero-order chi connectivity index (χ0) is 16.4. The molecule has 130 valence electrons. The van der Waals surface area contributed by atoms with Crippen LogP contribution in [0.1, 0.15) is 30.9 Å². The second-order valence-electron chi connectivity index (χ2n) is 6.55. The molecule has 6 heteroatoms. The molecule has 3 heterocycles. The van der Waals surface area contributed by atoms with Crippen LogP contribution < -0.4 is 14.8 Å². The number of carbonyl (C=O) groups is 1. The number of carbonyl (C=O) groups excluding carboxylic acids is 1. The van der Waals surface area contributed by atoms with Gasteiger partial charge in [0, 0.05) is 42.6 Å². The van der Waals surface area contributed by atoms with Gasteiger partial charge in [0.25, 0.3) is 0 Å². The largest absolute Gasteiger partial charge is 0.486 e. The molecule has 1 N–H and O–H groups in total. The summed E-state index contributed by atoms with van der Waals surface area (Å²) in [5.74, 6) is 4.07. The fraction of sp³-hybridized carbons (Fsp3) is 0.611. The number of nitrogens with one attached hydrogen (secondary N) is 1. The highest BCUT2D eigenvalue weighted by molar-refractivity contribution is 7.99. The molecular formula is C18H24N2O3S. The minimum Gasteiger partial charge on any atom is -0.486 e. The van der Waals surface area contributed by atoms with Gasteiger partial charge in [-0.1, -0.05) is 12.1 Å². The van der Waals surface area contributed by atoms with Gasteiger partial charge in [0.15, 0.2) is 11.5 Å². The molecule has 3 aliphatic heterocycles. The first kappa shape index (κ1) is 16.1. The van der Waals surface area contributed by atoms with Crippen LogP contribution in [0.25, 0.3) is 0 Å². The van der Waals surface area contributed by atoms with E-state index in [1.165, 1.54) is 0 Å². The van der Waals surface area contributed by atoms with Crippen molar-refractivity contribution in [1.82, 2.24) is 10.2 Å². The Kier molecular flexibility index (Phi) is 4.85. The Hall–Kier alpha value is -1.40. The second-order valence-corrected chi connectivity index (χ2v) is 7.70. The van der Waals surface area contributed by atoms with Crippen molar-refractivity contribution in [2.75, 3.05) is 37.8 Å². The summed E-state index contributed by atoms with van der Waals surface area (Å²) in [5.41, 5.74) is 1.10. The zero-order valence-corrected chi connectivity index (χ0v) is 14.6. The lowest BCUT2D eigenvalue weighted by Gasteiger charge is -2.31. The van der Waals surface area contributed by atoms with Crippen LogP contribution in [0.15, 0.2) is 18.2 Å². The zero-order valence-electron chi connectivity index (χ0n) is 13.8. The van der Waals surface area contributed by atoms with E-state index in [-0.39, 0.29) is 11.9 Å². The van der Waals surface area contributed by atoms with Gasteiger partial charge in [-0.25, -0.2) is 0 Å². The van der Waals surface area contributed by atoms with Crippen molar-refractivity contribution in [2.45, 2.75) is 31.3 Å². The first-order chi connectivity index (χ1) is 11.8. The van der Waals surface area contributed by atoms with E-state index < -0.39 is 0 Å². The molecule has 2 atom stereocenters. The smallest absolute Gasteiger partial charge is 0.224 e. The number of para-hydroxylation sites is 1. The van der Waals surface area contributed by atoms with Crippen LogP contribution in [-0.4, -0.2) is 54.7 Å². The Morgan fingerprint density at radius 1 is 1.33 bits per heavy atom. The molecule has 1 amide bonds. The average molecular weight is 348 g/mol. The Balaban J connectivity index is 1.51. The maximum atomic E-state index is 12.9. The number of nitrogens with zero attached hydrogens (tertiary/aromatic N) is 1. The lowest BCUT2D eigenvalue weighted by molar-refractivity contribution is -0.132. The summed E-state index contributed by atoms with van der Waals surface area (Å²) in [5, 5.41) is 3.46. The highest BCUT2D eigenvalue weighted by atomic mass is 32.2. The van der Waals surface area contributed by atoms with Gasteiger partial charge in [0.1, 0.15) is 13.2 Å². The Labute approximate surface area is 147 Å². The molecule has 0 bridgehead atoms. The summed E-state index contributed by atoms with van der Waals surface area (Å²) in [6, 6.07) is 6.45. The van der Waals surface area contributed by atoms with Crippen molar-refractivity contribution in [1.29, 1.82) is 0 Å². The fourth-order valence-electron chi connectivity index (χ4n) is 3.83. The fourth-order valence-corrected chi connectivity index (χ4v) is 4.78. The summed E-state index contributed by atoms with van der Waals surface area (Å²) in [6.07, 6.45) is 2.64. The first-order valence-corrected chi connectivity index (χ1v) is 9.97. The molecule has 0 spiro atoms. The maximum Gasteiger partial charge on any atom is 0.224 e. The lowest BCUT2D eigenvalue weighted by atomic mass is 10.0. The third-order valence-corrected chi connectivity index (χ3v) is 6.08. The van der Waals surface area contributed by atoms with Gasteiger partial charge in [-0.15, -0.1) is 0 Å². The van der Waals surface area contributed by atoms with Crippen molar-refractivity contribution in [3.05, 3.63) is 23.8 Å². The van der Waals surface area contributed by atoms with Crippen LogP contribution in [0.5, 0.6) is 11.5 Å². The van der Waals surface area contributed by atoms with Crippen LogP contribution in [0.3, 0.4) is 0 Å². The van der Waals surface area contributed by atoms with Gasteiger partial charge in [-0.3, -0.25) is 4.79 Å². The van der Waals surface area contributed by atoms with Crippen LogP contribution in [0, 0.1) is 0 Å². The number of benzene rings is 1. The second kappa shape index (κ2) is 7.23. The van der Waals surface area contributed by atoms with Crippen molar-refractivity contribution >= 4 is 17.7 Å². The molecule has 0 aromatic heterocycles. The van der Waals surface area contributed by atoms with Crippen LogP contribution in [0.4, 0.5) is 0 Å². The predicted molar refractivity (Wildman–Crippen MR) is 94.9 cm³/mol. The van der Waals surface area contributed by atoms with E-state index in [2.05, 4.69) is 16.3 Å². The number of hydrogen-bond donors (Lipinski definition) is 1. The minimum atomic E-state index is 0.116. The number of amides is 1. The number of rotatable bonds is 3. The molecule has 2 saturated heterocycles. The van der Waals surface area contributed by atoms with E-state index >= 15 is 0 Å². The normalized spacial score (nSPS) is 26.4. The first-order valence-electron chi connectivity index (χ1n) is 8.82. The highest BCUT2D eigenvalue weighted by Crippen LogP contribution is 2.43. The minimum absolute atomic E-state index is 0.116. The Morgan fingerprint density at radius 3 is 3.12 bits per heavy atom. The summed E-state index contributed by atoms with van der Waals surface area (Å²) < 4.78 is 11.6. The molecule has 3 aliphatic rings. The molecule has 5 nitrogen and oxygen atoms in total. The monoisotopic (exact) mass is 348 g/mol. The third-order valence-electron chi connectivity index (χ3n) is 4.95. The summed E-state index contributed by atoms with van der Waals surface area (Å²) in [7, 11) is 0. The van der Waals surface area contributed by atoms with Gasteiger partial charge in [0.05, 0.1) is 6.04 Å². The number of fused-ring (bicyclic) bond motifs is 1. The van der Waals surface area contributed by atoms with Crippen LogP contribution >= 0.6 is 11.8 Å². The van der Waals surface area contributed by atoms with Gasteiger partial charge >= 0.3 is 0 Å². The maximum absolute atomic E-state index is 12.9. The number of ether oxygens (including phenoxy) is 2. The molecule has 4 rings (SSSR count). The molecule has 2 unspecified atom stereocenters. The van der Waals surface area contributed by atoms with Gasteiger partial charge < -0.3 is 19.7 Å². The average Bonchev–Trinajstić information content (AvgIpc) is 3.12. The van der Waals surface area contributed by atoms with E-state index in [9.17, 15) is 4.79 Å². The standard InChI is InChI=1S/C18H24N2O3S/c21-17(11-13-12-24-10-6-19-13)20-7-2-4-15(20)14-3-1-5-16-18(14)23-9-8-22-16/h1,3,5,13,15,19H,2,4,6-12H2. The van der Waals surface area contributed by atoms with Crippen LogP contribution in [0.2, 0.25) is 0 Å². The van der Waals surface area contributed by atoms with E-state index in [1.54, 1.807) is 0 Å². The molecule has 0 radical (unpaired) electrons. The molecular weight excluding hydrogens is 324 g/mol. The summed E-state index contributed by atoms with van der Waals surface area (Å²) in [4.78, 5) is 14.9. The molecule has 0 saturated carbocycles. The topological polar surface area (TPSA) is 50.8 Å². The van der Waals surface area contributed by atoms with E-state index in [0.717, 1.165) is 54.5 Å². The van der Waals surface area contributed by atoms with Crippen molar-refractivity contribution < 1.29 is 14.3 Å². The molecule has 24 heavy (non-hydrogen) atoms. The SMILES string of the molecule is O=C(CC1CSCCN1)N1CCCC1c1cccc2c1OCCO2. The summed E-state index contributed by atoms with van der Waals surface area (Å²) >= 11 is 1.93. The lowest BCUT2D eigenvalue weighted by Crippen LogP contribution is -2.42. The van der Waals surface area contributed by atoms with Crippen molar-refractivity contribution in [3.63, 3.8) is 0 Å². The third kappa shape index (κ3) is 3.22. The molecule has 0 aliphatic carbocycles. The van der Waals surface area contributed by atoms with Crippen LogP contribution in [-0.2, 0) is 4.79 Å². The summed E-state index contributed by atoms with van der Waals surface area (Å²) in [6.45, 7) is 3.01. The molecule has 2 fully saturated rings. The van der Waals surface area contributed by atoms with Crippen molar-refractivity contribution in [3.8, 4) is 11.5 Å². The number of thioether (sulfide) groups is 1. The predicted octanol–water partition coefficient (Wildman–Crippen LogP) is 2.22. The Bertz CT molecular complexity index is 604. The number of hydrogen-bond acceptors (Lipinski definition) is 5. The van der Waals surface area contributed by atoms with E-state index in [4.69, 9.17) is 9.47 Å². The van der Waals surface area contributed by atoms with Crippen molar-refractivity contribution in [2.24, 2.45) is 0 Å². The Morgan fingerprint density at radius 2 is 2.25 bits per heavy atom. The highest BCUT2D eigenvalue weighted by Gasteiger charge is 2.34. The number of likely N-dealkylation sites (tertiary alicyclic amines) is 1. The van der Waals surface area contributed by atoms with Gasteiger partial charge in [-0.05, 0) is 18.9 Å². The molecule has 1 aromatic rings. The van der Waals surface area contributed by atoms with E-state index in [0.29, 0.717) is 25.7 Å². The molecule has 1 aromatic carbocycles. The van der Waals surface area contributed by atoms with E-state index in [1.807, 2.05) is 23.9 Å².